The Morgan fingerprint density at radius 2 is 2.00 bits per heavy atom. The van der Waals surface area contributed by atoms with Gasteiger partial charge in [-0.25, -0.2) is 4.98 Å². The number of benzene rings is 1. The van der Waals surface area contributed by atoms with Gasteiger partial charge in [-0.15, -0.1) is 0 Å². The highest BCUT2D eigenvalue weighted by atomic mass is 16.3. The van der Waals surface area contributed by atoms with Crippen LogP contribution < -0.4 is 4.90 Å². The van der Waals surface area contributed by atoms with Crippen molar-refractivity contribution in [2.75, 3.05) is 25.1 Å². The molecule has 0 aliphatic carbocycles. The van der Waals surface area contributed by atoms with Gasteiger partial charge in [-0.2, -0.15) is 5.26 Å². The van der Waals surface area contributed by atoms with E-state index in [0.29, 0.717) is 5.56 Å². The van der Waals surface area contributed by atoms with E-state index in [2.05, 4.69) is 21.9 Å². The highest BCUT2D eigenvalue weighted by Gasteiger charge is 2.24. The van der Waals surface area contributed by atoms with Crippen molar-refractivity contribution in [1.29, 1.82) is 5.26 Å². The number of nitrogens with zero attached hydrogens (tertiary/aromatic N) is 4. The Morgan fingerprint density at radius 1 is 1.24 bits per heavy atom. The molecule has 0 bridgehead atoms. The van der Waals surface area contributed by atoms with E-state index in [4.69, 9.17) is 10.2 Å². The molecule has 25 heavy (non-hydrogen) atoms. The maximum atomic E-state index is 9.79. The van der Waals surface area contributed by atoms with Gasteiger partial charge in [0.15, 0.2) is 0 Å². The number of pyridine rings is 1. The van der Waals surface area contributed by atoms with Crippen LogP contribution >= 0.6 is 0 Å². The summed E-state index contributed by atoms with van der Waals surface area (Å²) in [7, 11) is 2.02. The fourth-order valence-corrected chi connectivity index (χ4v) is 3.31. The first kappa shape index (κ1) is 17.4. The maximum Gasteiger partial charge on any atom is 0.133 e. The fraction of sp³-hybridized carbons (Fsp3) is 0.400. The second-order valence-corrected chi connectivity index (χ2v) is 6.69. The van der Waals surface area contributed by atoms with Crippen LogP contribution in [-0.4, -0.2) is 41.2 Å². The lowest BCUT2D eigenvalue weighted by Crippen LogP contribution is -2.41. The summed E-state index contributed by atoms with van der Waals surface area (Å²) in [5.41, 5.74) is 4.04. The van der Waals surface area contributed by atoms with Gasteiger partial charge in [-0.05, 0) is 37.1 Å². The molecule has 1 atom stereocenters. The van der Waals surface area contributed by atoms with Gasteiger partial charge >= 0.3 is 0 Å². The van der Waals surface area contributed by atoms with Crippen LogP contribution in [0.1, 0.15) is 28.8 Å². The molecular formula is C20H24N4O. The van der Waals surface area contributed by atoms with Crippen LogP contribution in [0.2, 0.25) is 0 Å². The highest BCUT2D eigenvalue weighted by Crippen LogP contribution is 2.25. The van der Waals surface area contributed by atoms with E-state index in [1.54, 1.807) is 0 Å². The minimum Gasteiger partial charge on any atom is -0.394 e. The normalized spacial score (nSPS) is 18.2. The number of fused-ring (bicyclic) bond motifs is 1. The minimum absolute atomic E-state index is 0.0665. The average molecular weight is 336 g/mol. The van der Waals surface area contributed by atoms with Crippen LogP contribution in [0.5, 0.6) is 0 Å². The summed E-state index contributed by atoms with van der Waals surface area (Å²) < 4.78 is 0. The van der Waals surface area contributed by atoms with Crippen molar-refractivity contribution in [2.24, 2.45) is 0 Å². The van der Waals surface area contributed by atoms with Crippen LogP contribution in [-0.2, 0) is 13.1 Å². The first-order chi connectivity index (χ1) is 12.1. The quantitative estimate of drug-likeness (QED) is 0.933. The number of aromatic nitrogens is 1. The van der Waals surface area contributed by atoms with Gasteiger partial charge in [0.2, 0.25) is 0 Å². The average Bonchev–Trinajstić information content (AvgIpc) is 2.62. The van der Waals surface area contributed by atoms with Crippen LogP contribution in [0.15, 0.2) is 36.4 Å². The monoisotopic (exact) mass is 336 g/mol. The van der Waals surface area contributed by atoms with Gasteiger partial charge in [0.25, 0.3) is 0 Å². The number of anilines is 1. The zero-order valence-corrected chi connectivity index (χ0v) is 14.8. The predicted octanol–water partition coefficient (Wildman–Crippen LogP) is 2.46. The van der Waals surface area contributed by atoms with Crippen LogP contribution in [0.3, 0.4) is 0 Å². The molecule has 1 aromatic carbocycles. The third-order valence-corrected chi connectivity index (χ3v) is 4.85. The Bertz CT molecular complexity index is 766. The molecule has 0 saturated heterocycles. The topological polar surface area (TPSA) is 63.4 Å². The largest absolute Gasteiger partial charge is 0.394 e. The molecule has 0 fully saturated rings. The number of aryl methyl sites for hydroxylation is 1. The van der Waals surface area contributed by atoms with Crippen molar-refractivity contribution < 1.29 is 5.11 Å². The fourth-order valence-electron chi connectivity index (χ4n) is 3.31. The van der Waals surface area contributed by atoms with E-state index < -0.39 is 0 Å². The summed E-state index contributed by atoms with van der Waals surface area (Å²) in [6.07, 6.45) is 0.887. The summed E-state index contributed by atoms with van der Waals surface area (Å²) in [6, 6.07) is 14.2. The molecule has 1 N–H and O–H groups in total. The lowest BCUT2D eigenvalue weighted by molar-refractivity contribution is 0.205. The van der Waals surface area contributed by atoms with Gasteiger partial charge in [-0.3, -0.25) is 4.90 Å². The molecule has 0 radical (unpaired) electrons. The van der Waals surface area contributed by atoms with Crippen molar-refractivity contribution in [3.8, 4) is 6.07 Å². The van der Waals surface area contributed by atoms with Crippen LogP contribution in [0.4, 0.5) is 5.82 Å². The number of aliphatic hydroxyl groups excluding tert-OH is 1. The molecule has 0 saturated carbocycles. The first-order valence-electron chi connectivity index (χ1n) is 8.62. The third kappa shape index (κ3) is 3.98. The molecule has 2 aromatic rings. The molecule has 1 aliphatic rings. The number of hydrogen-bond donors (Lipinski definition) is 1. The molecule has 0 amide bonds. The number of rotatable bonds is 3. The molecule has 0 spiro atoms. The van der Waals surface area contributed by atoms with Gasteiger partial charge < -0.3 is 10.0 Å². The molecule has 5 nitrogen and oxygen atoms in total. The zero-order valence-electron chi connectivity index (χ0n) is 14.8. The number of hydrogen-bond acceptors (Lipinski definition) is 5. The van der Waals surface area contributed by atoms with E-state index in [0.717, 1.165) is 37.6 Å². The molecular weight excluding hydrogens is 312 g/mol. The SMILES string of the molecule is Cc1ccc2c(n1)N(C)C(CO)CCN(Cc1ccc(C#N)cc1)C2. The Labute approximate surface area is 149 Å². The molecule has 1 aliphatic heterocycles. The Kier molecular flexibility index (Phi) is 5.32. The third-order valence-electron chi connectivity index (χ3n) is 4.85. The smallest absolute Gasteiger partial charge is 0.133 e. The lowest BCUT2D eigenvalue weighted by atomic mass is 10.1. The Balaban J connectivity index is 1.85. The van der Waals surface area contributed by atoms with Crippen LogP contribution in [0.25, 0.3) is 0 Å². The van der Waals surface area contributed by atoms with Crippen molar-refractivity contribution in [2.45, 2.75) is 32.5 Å². The summed E-state index contributed by atoms with van der Waals surface area (Å²) in [5, 5.41) is 18.7. The number of nitriles is 1. The lowest BCUT2D eigenvalue weighted by Gasteiger charge is -2.35. The first-order valence-corrected chi connectivity index (χ1v) is 8.62. The highest BCUT2D eigenvalue weighted by molar-refractivity contribution is 5.48. The van der Waals surface area contributed by atoms with Crippen molar-refractivity contribution in [3.05, 3.63) is 58.8 Å². The van der Waals surface area contributed by atoms with Gasteiger partial charge in [0.1, 0.15) is 5.82 Å². The van der Waals surface area contributed by atoms with E-state index in [1.165, 1.54) is 11.1 Å². The van der Waals surface area contributed by atoms with Gasteiger partial charge in [0, 0.05) is 37.9 Å². The standard InChI is InChI=1S/C20H24N4O/c1-15-3-8-18-13-24(12-17-6-4-16(11-21)5-7-17)10-9-19(14-25)23(2)20(18)22-15/h3-8,19,25H,9-10,12-14H2,1-2H3. The van der Waals surface area contributed by atoms with E-state index in [-0.39, 0.29) is 12.6 Å². The molecule has 2 heterocycles. The molecule has 1 aromatic heterocycles. The summed E-state index contributed by atoms with van der Waals surface area (Å²) in [4.78, 5) is 9.21. The van der Waals surface area contributed by atoms with Gasteiger partial charge in [0.05, 0.1) is 24.3 Å². The molecule has 3 rings (SSSR count). The second-order valence-electron chi connectivity index (χ2n) is 6.69. The number of likely N-dealkylation sites (N-methyl/N-ethyl adjacent to an activating group) is 1. The maximum absolute atomic E-state index is 9.79. The van der Waals surface area contributed by atoms with E-state index >= 15 is 0 Å². The Morgan fingerprint density at radius 3 is 2.68 bits per heavy atom. The molecule has 5 heteroatoms. The molecule has 1 unspecified atom stereocenters. The van der Waals surface area contributed by atoms with E-state index in [9.17, 15) is 5.11 Å². The molecule has 130 valence electrons. The van der Waals surface area contributed by atoms with Gasteiger partial charge in [-0.1, -0.05) is 18.2 Å². The van der Waals surface area contributed by atoms with Crippen molar-refractivity contribution in [1.82, 2.24) is 9.88 Å². The van der Waals surface area contributed by atoms with Crippen molar-refractivity contribution in [3.63, 3.8) is 0 Å². The predicted molar refractivity (Wildman–Crippen MR) is 98.1 cm³/mol. The minimum atomic E-state index is 0.0665. The summed E-state index contributed by atoms with van der Waals surface area (Å²) in [6.45, 7) is 4.67. The zero-order chi connectivity index (χ0) is 17.8. The Hall–Kier alpha value is -2.42. The van der Waals surface area contributed by atoms with E-state index in [1.807, 2.05) is 44.3 Å². The van der Waals surface area contributed by atoms with Crippen molar-refractivity contribution >= 4 is 5.82 Å². The number of aliphatic hydroxyl groups is 1. The van der Waals surface area contributed by atoms with Crippen LogP contribution in [0, 0.1) is 18.3 Å². The summed E-state index contributed by atoms with van der Waals surface area (Å²) >= 11 is 0. The second kappa shape index (κ2) is 7.64. The summed E-state index contributed by atoms with van der Waals surface area (Å²) in [5.74, 6) is 0.962.